The van der Waals surface area contributed by atoms with Crippen molar-refractivity contribution >= 4 is 11.5 Å². The molecule has 1 aromatic carbocycles. The molecule has 0 amide bonds. The Balaban J connectivity index is 1.32. The number of nitro groups is 1. The molecule has 1 saturated carbocycles. The molecule has 4 rings (SSSR count). The van der Waals surface area contributed by atoms with Gasteiger partial charge in [-0.25, -0.2) is 9.97 Å². The van der Waals surface area contributed by atoms with Crippen LogP contribution in [0.25, 0.3) is 0 Å². The number of nitrogens with one attached hydrogen (secondary N) is 1. The van der Waals surface area contributed by atoms with Crippen LogP contribution < -0.4 is 5.32 Å². The van der Waals surface area contributed by atoms with Crippen LogP contribution in [0, 0.1) is 10.1 Å². The predicted molar refractivity (Wildman–Crippen MR) is 99.0 cm³/mol. The van der Waals surface area contributed by atoms with E-state index in [1.807, 2.05) is 24.4 Å². The average molecular weight is 353 g/mol. The van der Waals surface area contributed by atoms with E-state index >= 15 is 0 Å². The first-order valence-electron chi connectivity index (χ1n) is 9.23. The smallest absolute Gasteiger partial charge is 0.273 e. The van der Waals surface area contributed by atoms with Gasteiger partial charge in [-0.05, 0) is 31.7 Å². The molecule has 1 aliphatic carbocycles. The van der Waals surface area contributed by atoms with Crippen LogP contribution in [0.1, 0.15) is 43.0 Å². The molecule has 1 N–H and O–H groups in total. The second-order valence-corrected chi connectivity index (χ2v) is 7.15. The summed E-state index contributed by atoms with van der Waals surface area (Å²) in [5.74, 6) is 2.43. The Kier molecular flexibility index (Phi) is 4.79. The van der Waals surface area contributed by atoms with Crippen LogP contribution in [0.3, 0.4) is 0 Å². The third-order valence-corrected chi connectivity index (χ3v) is 5.14. The van der Waals surface area contributed by atoms with Gasteiger partial charge in [0, 0.05) is 49.4 Å². The van der Waals surface area contributed by atoms with E-state index in [9.17, 15) is 10.1 Å². The molecular formula is C19H23N5O2. The number of benzene rings is 1. The topological polar surface area (TPSA) is 84.2 Å². The predicted octanol–water partition coefficient (Wildman–Crippen LogP) is 3.34. The summed E-state index contributed by atoms with van der Waals surface area (Å²) in [5.41, 5.74) is 0.995. The van der Waals surface area contributed by atoms with Gasteiger partial charge < -0.3 is 5.32 Å². The minimum atomic E-state index is -0.295. The summed E-state index contributed by atoms with van der Waals surface area (Å²) in [4.78, 5) is 22.2. The molecule has 2 fully saturated rings. The van der Waals surface area contributed by atoms with Gasteiger partial charge in [-0.2, -0.15) is 0 Å². The molecule has 2 heterocycles. The number of aromatic nitrogens is 2. The number of anilines is 1. The Morgan fingerprint density at radius 3 is 2.65 bits per heavy atom. The van der Waals surface area contributed by atoms with Crippen LogP contribution in [0.2, 0.25) is 0 Å². The van der Waals surface area contributed by atoms with Crippen LogP contribution >= 0.6 is 0 Å². The summed E-state index contributed by atoms with van der Waals surface area (Å²) in [7, 11) is 0. The lowest BCUT2D eigenvalue weighted by molar-refractivity contribution is -0.385. The molecule has 0 spiro atoms. The fourth-order valence-electron chi connectivity index (χ4n) is 3.50. The number of piperidine rings is 1. The molecule has 1 aromatic heterocycles. The maximum atomic E-state index is 11.2. The molecule has 0 radical (unpaired) electrons. The maximum Gasteiger partial charge on any atom is 0.273 e. The van der Waals surface area contributed by atoms with Crippen LogP contribution in [0.15, 0.2) is 36.5 Å². The Labute approximate surface area is 152 Å². The van der Waals surface area contributed by atoms with Gasteiger partial charge in [0.1, 0.15) is 11.6 Å². The van der Waals surface area contributed by atoms with E-state index in [-0.39, 0.29) is 10.6 Å². The van der Waals surface area contributed by atoms with Crippen molar-refractivity contribution in [3.8, 4) is 0 Å². The number of hydrogen-bond acceptors (Lipinski definition) is 6. The fourth-order valence-corrected chi connectivity index (χ4v) is 3.50. The zero-order chi connectivity index (χ0) is 17.9. The second-order valence-electron chi connectivity index (χ2n) is 7.15. The minimum Gasteiger partial charge on any atom is -0.367 e. The third-order valence-electron chi connectivity index (χ3n) is 5.14. The van der Waals surface area contributed by atoms with Crippen molar-refractivity contribution in [2.45, 2.75) is 44.2 Å². The highest BCUT2D eigenvalue weighted by Crippen LogP contribution is 2.38. The summed E-state index contributed by atoms with van der Waals surface area (Å²) in [5, 5.41) is 14.7. The van der Waals surface area contributed by atoms with Crippen LogP contribution in [0.4, 0.5) is 11.5 Å². The lowest BCUT2D eigenvalue weighted by Crippen LogP contribution is -2.38. The van der Waals surface area contributed by atoms with Gasteiger partial charge in [0.2, 0.25) is 0 Å². The van der Waals surface area contributed by atoms with Crippen molar-refractivity contribution in [1.82, 2.24) is 14.9 Å². The molecule has 1 aliphatic heterocycles. The number of para-hydroxylation sites is 1. The Bertz CT molecular complexity index is 785. The maximum absolute atomic E-state index is 11.2. The van der Waals surface area contributed by atoms with Gasteiger partial charge in [-0.1, -0.05) is 18.2 Å². The third kappa shape index (κ3) is 3.99. The van der Waals surface area contributed by atoms with Gasteiger partial charge in [0.05, 0.1) is 4.92 Å². The van der Waals surface area contributed by atoms with Crippen LogP contribution in [-0.4, -0.2) is 38.9 Å². The Hall–Kier alpha value is -2.54. The van der Waals surface area contributed by atoms with Gasteiger partial charge in [-0.15, -0.1) is 0 Å². The van der Waals surface area contributed by atoms with Crippen LogP contribution in [-0.2, 0) is 6.54 Å². The van der Waals surface area contributed by atoms with Crippen molar-refractivity contribution in [3.63, 3.8) is 0 Å². The number of nitro benzene ring substituents is 1. The number of rotatable bonds is 6. The van der Waals surface area contributed by atoms with Crippen molar-refractivity contribution in [3.05, 3.63) is 58.0 Å². The largest absolute Gasteiger partial charge is 0.367 e. The average Bonchev–Trinajstić information content (AvgIpc) is 3.49. The quantitative estimate of drug-likeness (QED) is 0.633. The molecule has 0 unspecified atom stereocenters. The van der Waals surface area contributed by atoms with E-state index in [0.717, 1.165) is 43.1 Å². The number of hydrogen-bond donors (Lipinski definition) is 1. The highest BCUT2D eigenvalue weighted by atomic mass is 16.6. The van der Waals surface area contributed by atoms with E-state index in [0.29, 0.717) is 18.5 Å². The molecule has 0 bridgehead atoms. The van der Waals surface area contributed by atoms with Gasteiger partial charge >= 0.3 is 0 Å². The molecule has 0 atom stereocenters. The summed E-state index contributed by atoms with van der Waals surface area (Å²) < 4.78 is 0. The summed E-state index contributed by atoms with van der Waals surface area (Å²) in [6, 6.07) is 9.34. The van der Waals surface area contributed by atoms with Crippen molar-refractivity contribution in [1.29, 1.82) is 0 Å². The Morgan fingerprint density at radius 2 is 1.92 bits per heavy atom. The summed E-state index contributed by atoms with van der Waals surface area (Å²) in [6.07, 6.45) is 6.25. The molecule has 136 valence electrons. The second kappa shape index (κ2) is 7.37. The Morgan fingerprint density at radius 1 is 1.15 bits per heavy atom. The normalized spacial score (nSPS) is 18.6. The van der Waals surface area contributed by atoms with Crippen molar-refractivity contribution < 1.29 is 4.92 Å². The first-order valence-corrected chi connectivity index (χ1v) is 9.23. The zero-order valence-electron chi connectivity index (χ0n) is 14.7. The highest BCUT2D eigenvalue weighted by molar-refractivity contribution is 5.40. The highest BCUT2D eigenvalue weighted by Gasteiger charge is 2.27. The molecule has 7 nitrogen and oxygen atoms in total. The molecular weight excluding hydrogens is 330 g/mol. The van der Waals surface area contributed by atoms with Gasteiger partial charge in [0.15, 0.2) is 0 Å². The molecule has 26 heavy (non-hydrogen) atoms. The molecule has 7 heteroatoms. The van der Waals surface area contributed by atoms with E-state index < -0.39 is 0 Å². The lowest BCUT2D eigenvalue weighted by Gasteiger charge is -2.32. The molecule has 2 aliphatic rings. The summed E-state index contributed by atoms with van der Waals surface area (Å²) in [6.45, 7) is 2.47. The van der Waals surface area contributed by atoms with Gasteiger partial charge in [0.25, 0.3) is 5.69 Å². The van der Waals surface area contributed by atoms with E-state index in [2.05, 4.69) is 20.2 Å². The first-order chi connectivity index (χ1) is 12.7. The number of likely N-dealkylation sites (tertiary alicyclic amines) is 1. The molecule has 2 aromatic rings. The summed E-state index contributed by atoms with van der Waals surface area (Å²) >= 11 is 0. The SMILES string of the molecule is O=[N+]([O-])c1ccccc1CN1CCC(Nc2ccnc(C3CC3)n2)CC1. The minimum absolute atomic E-state index is 0.210. The standard InChI is InChI=1S/C19H23N5O2/c25-24(26)17-4-2-1-3-15(17)13-23-11-8-16(9-12-23)21-18-7-10-20-19(22-18)14-5-6-14/h1-4,7,10,14,16H,5-6,8-9,11-13H2,(H,20,21,22). The lowest BCUT2D eigenvalue weighted by atomic mass is 10.0. The van der Waals surface area contributed by atoms with Gasteiger partial charge in [-0.3, -0.25) is 15.0 Å². The zero-order valence-corrected chi connectivity index (χ0v) is 14.7. The van der Waals surface area contributed by atoms with Crippen molar-refractivity contribution in [2.24, 2.45) is 0 Å². The van der Waals surface area contributed by atoms with E-state index in [4.69, 9.17) is 0 Å². The first kappa shape index (κ1) is 16.9. The van der Waals surface area contributed by atoms with Crippen molar-refractivity contribution in [2.75, 3.05) is 18.4 Å². The van der Waals surface area contributed by atoms with E-state index in [1.165, 1.54) is 12.8 Å². The molecule has 1 saturated heterocycles. The fraction of sp³-hybridized carbons (Fsp3) is 0.474. The monoisotopic (exact) mass is 353 g/mol. The number of nitrogens with zero attached hydrogens (tertiary/aromatic N) is 4. The van der Waals surface area contributed by atoms with E-state index in [1.54, 1.807) is 12.1 Å². The van der Waals surface area contributed by atoms with Crippen LogP contribution in [0.5, 0.6) is 0 Å².